The fourth-order valence-electron chi connectivity index (χ4n) is 5.72. The van der Waals surface area contributed by atoms with Crippen LogP contribution in [0.1, 0.15) is 70.5 Å². The Bertz CT molecular complexity index is 1380. The number of aromatic nitrogens is 4. The molecule has 2 aromatic rings. The summed E-state index contributed by atoms with van der Waals surface area (Å²) in [6.07, 6.45) is 8.54. The highest BCUT2D eigenvalue weighted by Crippen LogP contribution is 2.40. The van der Waals surface area contributed by atoms with Crippen LogP contribution >= 0.6 is 0 Å². The average Bonchev–Trinajstić information content (AvgIpc) is 3.57. The van der Waals surface area contributed by atoms with Gasteiger partial charge in [0.1, 0.15) is 17.3 Å². The molecule has 1 saturated carbocycles. The van der Waals surface area contributed by atoms with E-state index in [4.69, 9.17) is 19.6 Å². The van der Waals surface area contributed by atoms with Crippen molar-refractivity contribution in [3.05, 3.63) is 28.9 Å². The molecule has 200 valence electrons. The van der Waals surface area contributed by atoms with Crippen LogP contribution in [0.3, 0.4) is 0 Å². The molecule has 3 aliphatic rings. The van der Waals surface area contributed by atoms with E-state index in [1.165, 1.54) is 12.8 Å². The number of aryl methyl sites for hydroxylation is 1. The van der Waals surface area contributed by atoms with Crippen molar-refractivity contribution in [3.63, 3.8) is 0 Å². The Morgan fingerprint density at radius 3 is 2.73 bits per heavy atom. The molecule has 2 aromatic heterocycles. The summed E-state index contributed by atoms with van der Waals surface area (Å²) in [5.74, 6) is 2.54. The van der Waals surface area contributed by atoms with E-state index in [1.807, 2.05) is 33.2 Å². The van der Waals surface area contributed by atoms with E-state index in [-0.39, 0.29) is 12.2 Å². The number of imidazole rings is 1. The molecule has 0 aromatic carbocycles. The van der Waals surface area contributed by atoms with E-state index in [0.717, 1.165) is 66.3 Å². The number of fused-ring (bicyclic) bond motifs is 1. The van der Waals surface area contributed by atoms with Gasteiger partial charge >= 0.3 is 0 Å². The zero-order valence-corrected chi connectivity index (χ0v) is 23.0. The largest absolute Gasteiger partial charge is 0.347 e. The van der Waals surface area contributed by atoms with Crippen LogP contribution in [0, 0.1) is 24.2 Å². The van der Waals surface area contributed by atoms with Gasteiger partial charge in [-0.25, -0.2) is 18.5 Å². The Labute approximate surface area is 219 Å². The van der Waals surface area contributed by atoms with Crippen molar-refractivity contribution in [2.45, 2.75) is 84.0 Å². The first-order chi connectivity index (χ1) is 17.9. The van der Waals surface area contributed by atoms with Gasteiger partial charge in [-0.3, -0.25) is 10.00 Å². The number of nitrogens with zero attached hydrogens (tertiary/aromatic N) is 7. The van der Waals surface area contributed by atoms with Crippen LogP contribution in [0.5, 0.6) is 0 Å². The molecule has 37 heavy (non-hydrogen) atoms. The summed E-state index contributed by atoms with van der Waals surface area (Å²) in [5.41, 5.74) is 2.56. The van der Waals surface area contributed by atoms with Gasteiger partial charge in [-0.15, -0.1) is 0 Å². The quantitative estimate of drug-likeness (QED) is 0.518. The standard InChI is InChI=1S/C26H39N9OS/c1-4-37(36,5-2)33-21-16-23(29-24-15-18(3)31-32-24)30-26-25(21)28-17-35(26)20-9-10-22(19-7-8-19)34(14-11-20)13-6-12-27/h15,17,19-20,22-23H,4-11,13-14,16H2,1-3H3,(H2,29,31,32)/t20-,22?,23?/m1/s1. The first kappa shape index (κ1) is 25.9. The summed E-state index contributed by atoms with van der Waals surface area (Å²) < 4.78 is 20.4. The van der Waals surface area contributed by atoms with Crippen LogP contribution in [-0.2, 0) is 9.73 Å². The summed E-state index contributed by atoms with van der Waals surface area (Å²) >= 11 is 0. The van der Waals surface area contributed by atoms with Gasteiger partial charge in [-0.1, -0.05) is 13.8 Å². The van der Waals surface area contributed by atoms with E-state index in [0.29, 0.717) is 30.4 Å². The van der Waals surface area contributed by atoms with Crippen LogP contribution < -0.4 is 16.2 Å². The fraction of sp³-hybridized carbons (Fsp3) is 0.692. The highest BCUT2D eigenvalue weighted by Gasteiger charge is 2.37. The van der Waals surface area contributed by atoms with E-state index in [1.54, 1.807) is 0 Å². The van der Waals surface area contributed by atoms with Gasteiger partial charge in [0.25, 0.3) is 0 Å². The number of hydrogen-bond acceptors (Lipinski definition) is 8. The Hall–Kier alpha value is -2.71. The maximum atomic E-state index is 13.3. The topological polar surface area (TPSA) is 127 Å². The van der Waals surface area contributed by atoms with Crippen molar-refractivity contribution in [2.24, 2.45) is 15.3 Å². The molecular weight excluding hydrogens is 486 g/mol. The molecule has 0 bridgehead atoms. The summed E-state index contributed by atoms with van der Waals surface area (Å²) in [7, 11) is -2.33. The number of H-pyrrole nitrogens is 1. The van der Waals surface area contributed by atoms with Crippen molar-refractivity contribution < 1.29 is 4.21 Å². The third-order valence-corrected chi connectivity index (χ3v) is 10.3. The third kappa shape index (κ3) is 5.75. The molecule has 0 amide bonds. The third-order valence-electron chi connectivity index (χ3n) is 7.99. The molecule has 5 rings (SSSR count). The highest BCUT2D eigenvalue weighted by atomic mass is 32.2. The summed E-state index contributed by atoms with van der Waals surface area (Å²) in [5, 5.41) is 20.7. The van der Waals surface area contributed by atoms with E-state index in [9.17, 15) is 4.21 Å². The number of likely N-dealkylation sites (tertiary alicyclic amines) is 1. The number of anilines is 1. The minimum Gasteiger partial charge on any atom is -0.347 e. The number of nitriles is 1. The molecule has 2 unspecified atom stereocenters. The lowest BCUT2D eigenvalue weighted by molar-refractivity contribution is 0.183. The van der Waals surface area contributed by atoms with Gasteiger partial charge in [0, 0.05) is 61.3 Å². The lowest BCUT2D eigenvalue weighted by Gasteiger charge is -2.29. The van der Waals surface area contributed by atoms with E-state index >= 15 is 0 Å². The lowest BCUT2D eigenvalue weighted by Crippen LogP contribution is -2.41. The second-order valence-corrected chi connectivity index (χ2v) is 13.4. The normalized spacial score (nSPS) is 24.6. The molecular formula is C26H39N9OS. The first-order valence-corrected chi connectivity index (χ1v) is 15.5. The van der Waals surface area contributed by atoms with Crippen LogP contribution in [0.2, 0.25) is 0 Å². The predicted molar refractivity (Wildman–Crippen MR) is 145 cm³/mol. The van der Waals surface area contributed by atoms with Gasteiger partial charge in [-0.2, -0.15) is 10.4 Å². The van der Waals surface area contributed by atoms with Crippen LogP contribution in [0.15, 0.2) is 21.7 Å². The van der Waals surface area contributed by atoms with Crippen molar-refractivity contribution in [1.82, 2.24) is 24.6 Å². The molecule has 1 aliphatic carbocycles. The first-order valence-electron chi connectivity index (χ1n) is 13.7. The number of rotatable bonds is 9. The van der Waals surface area contributed by atoms with E-state index < -0.39 is 9.73 Å². The molecule has 2 aliphatic heterocycles. The van der Waals surface area contributed by atoms with Crippen LogP contribution in [0.25, 0.3) is 5.70 Å². The minimum atomic E-state index is -2.33. The molecule has 2 fully saturated rings. The summed E-state index contributed by atoms with van der Waals surface area (Å²) in [6, 6.07) is 5.14. The Kier molecular flexibility index (Phi) is 7.67. The molecule has 10 nitrogen and oxygen atoms in total. The van der Waals surface area contributed by atoms with Gasteiger partial charge in [0.15, 0.2) is 5.49 Å². The average molecular weight is 526 g/mol. The second-order valence-electron chi connectivity index (χ2n) is 10.5. The van der Waals surface area contributed by atoms with Crippen molar-refractivity contribution in [1.29, 1.82) is 5.26 Å². The minimum absolute atomic E-state index is 0.265. The van der Waals surface area contributed by atoms with Crippen LogP contribution in [0.4, 0.5) is 5.82 Å². The Morgan fingerprint density at radius 2 is 2.05 bits per heavy atom. The number of nitrogens with one attached hydrogen (secondary N) is 2. The second kappa shape index (κ2) is 11.0. The molecule has 0 radical (unpaired) electrons. The molecule has 11 heteroatoms. The van der Waals surface area contributed by atoms with Gasteiger partial charge in [0.2, 0.25) is 0 Å². The predicted octanol–water partition coefficient (Wildman–Crippen LogP) is 2.71. The zero-order valence-electron chi connectivity index (χ0n) is 22.2. The van der Waals surface area contributed by atoms with Gasteiger partial charge in [-0.05, 0) is 44.9 Å². The molecule has 2 N–H and O–H groups in total. The Morgan fingerprint density at radius 1 is 1.24 bits per heavy atom. The smallest absolute Gasteiger partial charge is 0.159 e. The van der Waals surface area contributed by atoms with Gasteiger partial charge in [0.05, 0.1) is 27.8 Å². The summed E-state index contributed by atoms with van der Waals surface area (Å²) in [4.78, 5) is 12.4. The molecule has 1 saturated heterocycles. The lowest BCUT2D eigenvalue weighted by atomic mass is 10.0. The van der Waals surface area contributed by atoms with Crippen molar-refractivity contribution in [2.75, 3.05) is 29.9 Å². The zero-order chi connectivity index (χ0) is 26.0. The highest BCUT2D eigenvalue weighted by molar-refractivity contribution is 7.93. The molecule has 4 heterocycles. The molecule has 0 spiro atoms. The number of hydrogen-bond donors (Lipinski definition) is 2. The monoisotopic (exact) mass is 525 g/mol. The van der Waals surface area contributed by atoms with Crippen LogP contribution in [-0.4, -0.2) is 65.7 Å². The fourth-order valence-corrected chi connectivity index (χ4v) is 6.95. The number of aromatic amines is 1. The Balaban J connectivity index is 1.50. The molecule has 3 atom stereocenters. The van der Waals surface area contributed by atoms with E-state index in [2.05, 4.69) is 31.1 Å². The van der Waals surface area contributed by atoms with Crippen molar-refractivity contribution >= 4 is 21.2 Å². The SMILES string of the molecule is CCS(=O)(CC)=NC1=c2ncn([C@@H]3CCC(C4CC4)N(CCC#N)CC3)c2=NC(Nc2cc(C)[nH]n2)C1. The summed E-state index contributed by atoms with van der Waals surface area (Å²) in [6.45, 7) is 7.67. The van der Waals surface area contributed by atoms with Gasteiger partial charge < -0.3 is 9.88 Å². The maximum absolute atomic E-state index is 13.3. The van der Waals surface area contributed by atoms with Crippen molar-refractivity contribution in [3.8, 4) is 6.07 Å². The maximum Gasteiger partial charge on any atom is 0.159 e.